The summed E-state index contributed by atoms with van der Waals surface area (Å²) in [7, 11) is 0. The SMILES string of the molecule is CCCOC1C(O)CC1OCCCC(F)(F)F. The average Bonchev–Trinajstić information content (AvgIpc) is 2.21. The Morgan fingerprint density at radius 3 is 2.47 bits per heavy atom. The fourth-order valence-electron chi connectivity index (χ4n) is 1.70. The first-order chi connectivity index (χ1) is 7.94. The minimum atomic E-state index is -4.12. The van der Waals surface area contributed by atoms with Crippen molar-refractivity contribution >= 4 is 0 Å². The van der Waals surface area contributed by atoms with Gasteiger partial charge in [-0.05, 0) is 12.8 Å². The second-order valence-electron chi connectivity index (χ2n) is 4.27. The van der Waals surface area contributed by atoms with Crippen LogP contribution >= 0.6 is 0 Å². The van der Waals surface area contributed by atoms with E-state index in [-0.39, 0.29) is 25.2 Å². The van der Waals surface area contributed by atoms with E-state index < -0.39 is 18.7 Å². The van der Waals surface area contributed by atoms with Crippen LogP contribution in [0.25, 0.3) is 0 Å². The molecule has 0 bridgehead atoms. The first-order valence-corrected chi connectivity index (χ1v) is 5.92. The van der Waals surface area contributed by atoms with Crippen molar-refractivity contribution in [3.05, 3.63) is 0 Å². The normalized spacial score (nSPS) is 29.1. The third kappa shape index (κ3) is 5.23. The lowest BCUT2D eigenvalue weighted by atomic mass is 9.88. The molecule has 0 aliphatic heterocycles. The molecular weight excluding hydrogens is 237 g/mol. The Morgan fingerprint density at radius 1 is 1.24 bits per heavy atom. The van der Waals surface area contributed by atoms with E-state index in [0.29, 0.717) is 13.0 Å². The molecule has 1 N–H and O–H groups in total. The molecule has 0 radical (unpaired) electrons. The molecule has 1 aliphatic rings. The highest BCUT2D eigenvalue weighted by atomic mass is 19.4. The molecule has 0 aromatic carbocycles. The monoisotopic (exact) mass is 256 g/mol. The van der Waals surface area contributed by atoms with Crippen LogP contribution in [0.5, 0.6) is 0 Å². The van der Waals surface area contributed by atoms with Crippen molar-refractivity contribution in [1.29, 1.82) is 0 Å². The van der Waals surface area contributed by atoms with Crippen molar-refractivity contribution in [2.45, 2.75) is 57.1 Å². The van der Waals surface area contributed by atoms with Crippen molar-refractivity contribution in [2.75, 3.05) is 13.2 Å². The van der Waals surface area contributed by atoms with Crippen LogP contribution in [0.4, 0.5) is 13.2 Å². The van der Waals surface area contributed by atoms with Gasteiger partial charge < -0.3 is 14.6 Å². The molecule has 0 saturated heterocycles. The summed E-state index contributed by atoms with van der Waals surface area (Å²) in [4.78, 5) is 0. The van der Waals surface area contributed by atoms with Gasteiger partial charge in [0.2, 0.25) is 0 Å². The number of hydrogen-bond donors (Lipinski definition) is 1. The quantitative estimate of drug-likeness (QED) is 0.710. The van der Waals surface area contributed by atoms with Crippen LogP contribution in [0, 0.1) is 0 Å². The van der Waals surface area contributed by atoms with Gasteiger partial charge in [0.25, 0.3) is 0 Å². The summed E-state index contributed by atoms with van der Waals surface area (Å²) in [5, 5.41) is 9.41. The van der Waals surface area contributed by atoms with Crippen molar-refractivity contribution in [1.82, 2.24) is 0 Å². The molecule has 0 amide bonds. The van der Waals surface area contributed by atoms with Crippen LogP contribution in [0.3, 0.4) is 0 Å². The Balaban J connectivity index is 2.11. The van der Waals surface area contributed by atoms with Gasteiger partial charge in [0.15, 0.2) is 0 Å². The molecule has 3 nitrogen and oxygen atoms in total. The molecule has 1 saturated carbocycles. The molecule has 1 fully saturated rings. The molecule has 1 aliphatic carbocycles. The number of halogens is 3. The number of rotatable bonds is 7. The molecule has 0 aromatic heterocycles. The van der Waals surface area contributed by atoms with E-state index in [1.165, 1.54) is 0 Å². The highest BCUT2D eigenvalue weighted by molar-refractivity contribution is 4.91. The molecule has 102 valence electrons. The smallest absolute Gasteiger partial charge is 0.389 e. The van der Waals surface area contributed by atoms with Crippen molar-refractivity contribution < 1.29 is 27.8 Å². The standard InChI is InChI=1S/C11H19F3O3/c1-2-5-17-10-8(15)7-9(10)16-6-3-4-11(12,13)14/h8-10,15H,2-7H2,1H3. The van der Waals surface area contributed by atoms with E-state index in [1.807, 2.05) is 6.92 Å². The van der Waals surface area contributed by atoms with E-state index >= 15 is 0 Å². The third-order valence-corrected chi connectivity index (χ3v) is 2.67. The van der Waals surface area contributed by atoms with E-state index in [0.717, 1.165) is 6.42 Å². The second-order valence-corrected chi connectivity index (χ2v) is 4.27. The second kappa shape index (κ2) is 6.56. The molecule has 17 heavy (non-hydrogen) atoms. The number of hydrogen-bond acceptors (Lipinski definition) is 3. The summed E-state index contributed by atoms with van der Waals surface area (Å²) in [5.74, 6) is 0. The minimum absolute atomic E-state index is 0.0450. The fraction of sp³-hybridized carbons (Fsp3) is 1.00. The minimum Gasteiger partial charge on any atom is -0.390 e. The zero-order valence-corrected chi connectivity index (χ0v) is 9.87. The van der Waals surface area contributed by atoms with Gasteiger partial charge in [-0.1, -0.05) is 6.92 Å². The summed E-state index contributed by atoms with van der Waals surface area (Å²) in [6, 6.07) is 0. The van der Waals surface area contributed by atoms with Gasteiger partial charge in [0, 0.05) is 26.1 Å². The molecule has 0 aromatic rings. The Kier molecular flexibility index (Phi) is 5.69. The molecule has 0 heterocycles. The zero-order valence-electron chi connectivity index (χ0n) is 9.87. The van der Waals surface area contributed by atoms with E-state index in [2.05, 4.69) is 0 Å². The molecule has 0 spiro atoms. The van der Waals surface area contributed by atoms with Gasteiger partial charge in [-0.3, -0.25) is 0 Å². The van der Waals surface area contributed by atoms with Crippen LogP contribution in [0.15, 0.2) is 0 Å². The maximum Gasteiger partial charge on any atom is 0.389 e. The Labute approximate surface area is 98.9 Å². The van der Waals surface area contributed by atoms with Crippen molar-refractivity contribution in [3.63, 3.8) is 0 Å². The Bertz CT molecular complexity index is 220. The van der Waals surface area contributed by atoms with Crippen molar-refractivity contribution in [2.24, 2.45) is 0 Å². The van der Waals surface area contributed by atoms with Crippen LogP contribution in [-0.2, 0) is 9.47 Å². The van der Waals surface area contributed by atoms with Gasteiger partial charge in [0.05, 0.1) is 12.2 Å². The summed E-state index contributed by atoms with van der Waals surface area (Å²) < 4.78 is 46.2. The van der Waals surface area contributed by atoms with Gasteiger partial charge in [-0.25, -0.2) is 0 Å². The predicted molar refractivity (Wildman–Crippen MR) is 55.7 cm³/mol. The summed E-state index contributed by atoms with van der Waals surface area (Å²) in [5.41, 5.74) is 0. The highest BCUT2D eigenvalue weighted by Crippen LogP contribution is 2.28. The van der Waals surface area contributed by atoms with Crippen LogP contribution in [-0.4, -0.2) is 42.8 Å². The van der Waals surface area contributed by atoms with Crippen LogP contribution in [0.1, 0.15) is 32.6 Å². The molecule has 3 unspecified atom stereocenters. The fourth-order valence-corrected chi connectivity index (χ4v) is 1.70. The zero-order chi connectivity index (χ0) is 12.9. The lowest BCUT2D eigenvalue weighted by Crippen LogP contribution is -2.53. The summed E-state index contributed by atoms with van der Waals surface area (Å²) in [6.07, 6.45) is -4.90. The van der Waals surface area contributed by atoms with Crippen LogP contribution < -0.4 is 0 Å². The number of alkyl halides is 3. The maximum atomic E-state index is 11.9. The average molecular weight is 256 g/mol. The Hall–Kier alpha value is -0.330. The van der Waals surface area contributed by atoms with Gasteiger partial charge >= 0.3 is 6.18 Å². The number of ether oxygens (including phenoxy) is 2. The maximum absolute atomic E-state index is 11.9. The van der Waals surface area contributed by atoms with E-state index in [1.54, 1.807) is 0 Å². The molecule has 3 atom stereocenters. The van der Waals surface area contributed by atoms with Crippen molar-refractivity contribution in [3.8, 4) is 0 Å². The van der Waals surface area contributed by atoms with Gasteiger partial charge in [0.1, 0.15) is 6.10 Å². The number of aliphatic hydroxyl groups is 1. The highest BCUT2D eigenvalue weighted by Gasteiger charge is 2.41. The summed E-state index contributed by atoms with van der Waals surface area (Å²) >= 11 is 0. The van der Waals surface area contributed by atoms with E-state index in [4.69, 9.17) is 9.47 Å². The van der Waals surface area contributed by atoms with Gasteiger partial charge in [-0.2, -0.15) is 13.2 Å². The number of aliphatic hydroxyl groups excluding tert-OH is 1. The van der Waals surface area contributed by atoms with E-state index in [9.17, 15) is 18.3 Å². The van der Waals surface area contributed by atoms with Gasteiger partial charge in [-0.15, -0.1) is 0 Å². The third-order valence-electron chi connectivity index (χ3n) is 2.67. The first kappa shape index (κ1) is 14.7. The largest absolute Gasteiger partial charge is 0.390 e. The molecular formula is C11H19F3O3. The van der Waals surface area contributed by atoms with Crippen LogP contribution in [0.2, 0.25) is 0 Å². The first-order valence-electron chi connectivity index (χ1n) is 5.92. The molecule has 1 rings (SSSR count). The lowest BCUT2D eigenvalue weighted by Gasteiger charge is -2.40. The Morgan fingerprint density at radius 2 is 1.94 bits per heavy atom. The lowest BCUT2D eigenvalue weighted by molar-refractivity contribution is -0.195. The summed E-state index contributed by atoms with van der Waals surface area (Å²) in [6.45, 7) is 2.54. The molecule has 6 heteroatoms. The predicted octanol–water partition coefficient (Wildman–Crippen LogP) is 2.27. The topological polar surface area (TPSA) is 38.7 Å².